The third-order valence-corrected chi connectivity index (χ3v) is 11.3. The van der Waals surface area contributed by atoms with Crippen LogP contribution in [0.25, 0.3) is 0 Å². The summed E-state index contributed by atoms with van der Waals surface area (Å²) in [6, 6.07) is 36.1. The molecule has 61 heavy (non-hydrogen) atoms. The number of carbonyl (C=O) groups is 3. The summed E-state index contributed by atoms with van der Waals surface area (Å²) in [5, 5.41) is 21.7. The van der Waals surface area contributed by atoms with E-state index in [1.807, 2.05) is 105 Å². The molecule has 0 saturated heterocycles. The van der Waals surface area contributed by atoms with Crippen LogP contribution in [0.15, 0.2) is 133 Å². The Balaban J connectivity index is 0.000000202. The molecule has 1 atom stereocenters. The first-order chi connectivity index (χ1) is 29.1. The number of rotatable bonds is 11. The van der Waals surface area contributed by atoms with E-state index in [0.717, 1.165) is 38.8 Å². The topological polar surface area (TPSA) is 185 Å². The van der Waals surface area contributed by atoms with E-state index >= 15 is 0 Å². The van der Waals surface area contributed by atoms with E-state index in [-0.39, 0.29) is 22.5 Å². The van der Waals surface area contributed by atoms with Crippen molar-refractivity contribution in [2.45, 2.75) is 51.5 Å². The first-order valence-corrected chi connectivity index (χ1v) is 20.5. The maximum absolute atomic E-state index is 12.6. The molecular weight excluding hydrogens is 801 g/mol. The number of methoxy groups -OCH3 is 1. The van der Waals surface area contributed by atoms with Crippen molar-refractivity contribution in [3.8, 4) is 5.75 Å². The summed E-state index contributed by atoms with van der Waals surface area (Å²) in [5.41, 5.74) is 5.89. The van der Waals surface area contributed by atoms with Crippen LogP contribution < -0.4 is 20.1 Å². The number of urea groups is 1. The molecule has 0 aliphatic carbocycles. The average Bonchev–Trinajstić information content (AvgIpc) is 3.59. The number of benzene rings is 4. The van der Waals surface area contributed by atoms with E-state index in [9.17, 15) is 28.0 Å². The van der Waals surface area contributed by atoms with Crippen molar-refractivity contribution in [2.75, 3.05) is 31.9 Å². The van der Waals surface area contributed by atoms with Gasteiger partial charge in [-0.1, -0.05) is 72.3 Å². The molecule has 6 rings (SSSR count). The fourth-order valence-electron chi connectivity index (χ4n) is 5.74. The zero-order valence-corrected chi connectivity index (χ0v) is 36.1. The van der Waals surface area contributed by atoms with Gasteiger partial charge in [0.15, 0.2) is 12.0 Å². The van der Waals surface area contributed by atoms with Crippen LogP contribution in [0, 0.1) is 26.0 Å². The lowest BCUT2D eigenvalue weighted by Gasteiger charge is -2.15. The molecule has 6 aromatic rings. The monoisotopic (exact) mass is 850 g/mol. The summed E-state index contributed by atoms with van der Waals surface area (Å²) in [4.78, 5) is 39.8. The number of nitrogens with zero attached hydrogens (tertiary/aromatic N) is 4. The highest BCUT2D eigenvalue weighted by molar-refractivity contribution is 7.91. The van der Waals surface area contributed by atoms with Gasteiger partial charge in [-0.05, 0) is 86.8 Å². The van der Waals surface area contributed by atoms with E-state index in [1.165, 1.54) is 51.2 Å². The quantitative estimate of drug-likeness (QED) is 0.0555. The van der Waals surface area contributed by atoms with Gasteiger partial charge in [0.05, 0.1) is 25.2 Å². The molecule has 0 aliphatic rings. The molecule has 0 bridgehead atoms. The van der Waals surface area contributed by atoms with E-state index < -0.39 is 21.1 Å². The predicted octanol–water partition coefficient (Wildman–Crippen LogP) is 8.14. The van der Waals surface area contributed by atoms with E-state index in [1.54, 1.807) is 32.0 Å². The number of pyridine rings is 1. The van der Waals surface area contributed by atoms with Gasteiger partial charge < -0.3 is 25.3 Å². The van der Waals surface area contributed by atoms with Crippen LogP contribution in [0.2, 0.25) is 0 Å². The van der Waals surface area contributed by atoms with Gasteiger partial charge in [0.2, 0.25) is 15.7 Å². The lowest BCUT2D eigenvalue weighted by molar-refractivity contribution is -0.646. The molecule has 2 N–H and O–H groups in total. The first kappa shape index (κ1) is 46.6. The Morgan fingerprint density at radius 3 is 2.07 bits per heavy atom. The minimum absolute atomic E-state index is 0.214. The minimum atomic E-state index is -3.71. The van der Waals surface area contributed by atoms with Crippen molar-refractivity contribution in [1.82, 2.24) is 14.8 Å². The Morgan fingerprint density at radius 1 is 0.852 bits per heavy atom. The van der Waals surface area contributed by atoms with Crippen LogP contribution in [0.4, 0.5) is 22.0 Å². The number of ether oxygens (including phenoxy) is 2. The number of carbonyl (C=O) groups excluding carboxylic acids is 3. The molecule has 0 saturated carbocycles. The second-order valence-corrected chi connectivity index (χ2v) is 15.8. The molecule has 2 heterocycles. The standard InChI is InChI=1S/C16H18N2O3.C15H17NO3S.C14H15N3O3/c1-18(20-2)16(19)17-14-8-10-15(11-9-14)21-12-13-6-4-3-5-7-13;1-11-7-8-12(2)14(10-11)13(3)20(18,19)15-6-4-5-9-16(15)17;1-9-12(14(19)20-3)13(16-17(9)10(2)18)15-11-7-5-4-6-8-11/h3-11H,12H2,1-2H3,(H,17,19);4-10,13H,1-3H3;4-8H,1-3H3,(H,15,16). The second-order valence-electron chi connectivity index (χ2n) is 13.5. The lowest BCUT2D eigenvalue weighted by Crippen LogP contribution is -2.34. The summed E-state index contributed by atoms with van der Waals surface area (Å²) in [7, 11) is 0.544. The Labute approximate surface area is 356 Å². The molecule has 320 valence electrons. The van der Waals surface area contributed by atoms with Crippen LogP contribution in [-0.2, 0) is 26.0 Å². The number of aryl methyl sites for hydroxylation is 2. The normalized spacial score (nSPS) is 11.1. The summed E-state index contributed by atoms with van der Waals surface area (Å²) >= 11 is 0. The number of anilines is 3. The molecule has 0 spiro atoms. The van der Waals surface area contributed by atoms with Gasteiger partial charge in [-0.25, -0.2) is 27.8 Å². The number of sulfone groups is 1. The Kier molecular flexibility index (Phi) is 16.7. The molecule has 16 heteroatoms. The summed E-state index contributed by atoms with van der Waals surface area (Å²) in [5.74, 6) is 0.245. The van der Waals surface area contributed by atoms with E-state index in [4.69, 9.17) is 14.3 Å². The Hall–Kier alpha value is -7.04. The third kappa shape index (κ3) is 12.7. The number of amides is 2. The largest absolute Gasteiger partial charge is 0.618 e. The highest BCUT2D eigenvalue weighted by Gasteiger charge is 2.32. The van der Waals surface area contributed by atoms with Crippen molar-refractivity contribution in [3.63, 3.8) is 0 Å². The van der Waals surface area contributed by atoms with Crippen LogP contribution in [0.1, 0.15) is 62.2 Å². The fourth-order valence-corrected chi connectivity index (χ4v) is 7.27. The zero-order chi connectivity index (χ0) is 44.7. The predicted molar refractivity (Wildman–Crippen MR) is 232 cm³/mol. The van der Waals surface area contributed by atoms with Gasteiger partial charge in [-0.15, -0.1) is 5.10 Å². The van der Waals surface area contributed by atoms with Gasteiger partial charge in [0.25, 0.3) is 0 Å². The first-order valence-electron chi connectivity index (χ1n) is 18.9. The lowest BCUT2D eigenvalue weighted by atomic mass is 10.0. The van der Waals surface area contributed by atoms with Gasteiger partial charge in [-0.2, -0.15) is 4.73 Å². The highest BCUT2D eigenvalue weighted by atomic mass is 32.2. The van der Waals surface area contributed by atoms with E-state index in [2.05, 4.69) is 15.7 Å². The van der Waals surface area contributed by atoms with Crippen molar-refractivity contribution >= 4 is 44.9 Å². The van der Waals surface area contributed by atoms with Crippen molar-refractivity contribution < 1.29 is 41.8 Å². The maximum Gasteiger partial charge on any atom is 0.345 e. The minimum Gasteiger partial charge on any atom is -0.618 e. The number of esters is 1. The molecular formula is C45H50N6O9S. The number of hydrogen-bond donors (Lipinski definition) is 2. The molecule has 0 radical (unpaired) electrons. The van der Waals surface area contributed by atoms with Crippen LogP contribution >= 0.6 is 0 Å². The highest BCUT2D eigenvalue weighted by Crippen LogP contribution is 2.30. The van der Waals surface area contributed by atoms with Gasteiger partial charge in [-0.3, -0.25) is 9.63 Å². The molecule has 15 nitrogen and oxygen atoms in total. The smallest absolute Gasteiger partial charge is 0.345 e. The molecule has 2 aromatic heterocycles. The van der Waals surface area contributed by atoms with Crippen molar-refractivity contribution in [3.05, 3.63) is 166 Å². The average molecular weight is 851 g/mol. The Morgan fingerprint density at radius 2 is 1.48 bits per heavy atom. The van der Waals surface area contributed by atoms with Crippen molar-refractivity contribution in [1.29, 1.82) is 0 Å². The molecule has 0 aliphatic heterocycles. The molecule has 1 unspecified atom stereocenters. The number of para-hydroxylation sites is 1. The SMILES string of the molecule is COC(=O)c1c(Nc2ccccc2)nn(C(C)=O)c1C.CON(C)C(=O)Nc1ccc(OCc2ccccc2)cc1.Cc1ccc(C)c(C(C)S(=O)(=O)c2cccc[n+]2[O-])c1. The number of nitrogens with one attached hydrogen (secondary N) is 2. The molecule has 4 aromatic carbocycles. The van der Waals surface area contributed by atoms with E-state index in [0.29, 0.717) is 28.5 Å². The number of hydrogen-bond acceptors (Lipinski definition) is 11. The van der Waals surface area contributed by atoms with Gasteiger partial charge >= 0.3 is 17.0 Å². The van der Waals surface area contributed by atoms with Crippen LogP contribution in [0.3, 0.4) is 0 Å². The zero-order valence-electron chi connectivity index (χ0n) is 35.3. The van der Waals surface area contributed by atoms with Crippen LogP contribution in [-0.4, -0.2) is 62.4 Å². The number of hydroxylamine groups is 2. The summed E-state index contributed by atoms with van der Waals surface area (Å²) in [6.45, 7) is 8.95. The van der Waals surface area contributed by atoms with Gasteiger partial charge in [0.1, 0.15) is 17.9 Å². The number of aromatic nitrogens is 3. The molecule has 0 fully saturated rings. The second kappa shape index (κ2) is 21.8. The molecule has 2 amide bonds. The maximum atomic E-state index is 12.6. The summed E-state index contributed by atoms with van der Waals surface area (Å²) < 4.78 is 37.2. The third-order valence-electron chi connectivity index (χ3n) is 9.17. The van der Waals surface area contributed by atoms with Crippen molar-refractivity contribution in [2.24, 2.45) is 0 Å². The fraction of sp³-hybridized carbons (Fsp3) is 0.222. The summed E-state index contributed by atoms with van der Waals surface area (Å²) in [6.07, 6.45) is 1.20. The van der Waals surface area contributed by atoms with Crippen LogP contribution in [0.5, 0.6) is 5.75 Å². The van der Waals surface area contributed by atoms with Gasteiger partial charge in [0, 0.05) is 37.5 Å². The Bertz CT molecular complexity index is 2510.